The Morgan fingerprint density at radius 1 is 0.439 bits per heavy atom. The smallest absolute Gasteiger partial charge is 0.222 e. The van der Waals surface area contributed by atoms with Crippen molar-refractivity contribution in [1.29, 1.82) is 0 Å². The molecule has 0 aliphatic carbocycles. The number of anilines is 3. The molecule has 0 saturated heterocycles. The van der Waals surface area contributed by atoms with E-state index < -0.39 is 7.82 Å². The van der Waals surface area contributed by atoms with Crippen molar-refractivity contribution in [1.82, 2.24) is 0 Å². The zero-order valence-corrected chi connectivity index (χ0v) is 38.8. The van der Waals surface area contributed by atoms with Crippen LogP contribution < -0.4 is 33.0 Å². The minimum atomic E-state index is -4.86. The summed E-state index contributed by atoms with van der Waals surface area (Å²) in [6, 6.07) is 4.76. The first-order valence-corrected chi connectivity index (χ1v) is 20.7. The summed E-state index contributed by atoms with van der Waals surface area (Å²) in [5.41, 5.74) is 0.659. The summed E-state index contributed by atoms with van der Waals surface area (Å²) in [4.78, 5) is 0. The molecule has 0 aromatic heterocycles. The number of phosphoric acid groups is 1. The van der Waals surface area contributed by atoms with E-state index in [4.69, 9.17) is 31.4 Å². The van der Waals surface area contributed by atoms with Gasteiger partial charge in [-0.25, -0.2) is 22.1 Å². The third-order valence-corrected chi connectivity index (χ3v) is 19.6. The highest BCUT2D eigenvalue weighted by Crippen LogP contribution is 2.55. The molecule has 10 nitrogen and oxygen atoms in total. The van der Waals surface area contributed by atoms with Gasteiger partial charge in [-0.15, -0.1) is 13.9 Å². The van der Waals surface area contributed by atoms with Gasteiger partial charge in [-0.1, -0.05) is 0 Å². The van der Waals surface area contributed by atoms with Crippen molar-refractivity contribution in [2.75, 3.05) is 15.5 Å². The standard InChI is InChI=1S/C18H9Br12N6O4P/c19-4-1-7(13(25)16(28)10(4)22)34(31)38-41(37,39-35(32)8-2-5(20)11(23)17(29)14(8)26)40-36(33)9-3-6(21)12(24)18(30)15(9)27/h1-3H,31-33H2. The van der Waals surface area contributed by atoms with Gasteiger partial charge in [0.1, 0.15) is 0 Å². The number of halogens is 12. The van der Waals surface area contributed by atoms with Crippen LogP contribution in [0.1, 0.15) is 0 Å². The van der Waals surface area contributed by atoms with Crippen LogP contribution >= 0.6 is 199 Å². The average molecular weight is 1360 g/mol. The lowest BCUT2D eigenvalue weighted by atomic mass is 10.3. The minimum Gasteiger partial charge on any atom is -0.222 e. The van der Waals surface area contributed by atoms with Gasteiger partial charge in [-0.2, -0.15) is 15.5 Å². The number of benzene rings is 3. The number of rotatable bonds is 9. The van der Waals surface area contributed by atoms with Crippen molar-refractivity contribution in [3.63, 3.8) is 0 Å². The van der Waals surface area contributed by atoms with E-state index in [-0.39, 0.29) is 17.1 Å². The summed E-state index contributed by atoms with van der Waals surface area (Å²) in [7, 11) is -4.86. The van der Waals surface area contributed by atoms with Crippen molar-refractivity contribution < 1.29 is 18.4 Å². The third kappa shape index (κ3) is 8.84. The highest BCUT2D eigenvalue weighted by molar-refractivity contribution is 9.16. The summed E-state index contributed by atoms with van der Waals surface area (Å²) >= 11 is 41.2. The highest BCUT2D eigenvalue weighted by atomic mass is 79.9. The van der Waals surface area contributed by atoms with Crippen LogP contribution in [0, 0.1) is 0 Å². The molecule has 0 amide bonds. The summed E-state index contributed by atoms with van der Waals surface area (Å²) in [6.45, 7) is 0. The van der Waals surface area contributed by atoms with Crippen LogP contribution in [0.2, 0.25) is 0 Å². The molecule has 0 aliphatic rings. The monoisotopic (exact) mass is 1350 g/mol. The Morgan fingerprint density at radius 3 is 0.878 bits per heavy atom. The number of hydrazine groups is 3. The van der Waals surface area contributed by atoms with E-state index in [9.17, 15) is 4.57 Å². The Balaban J connectivity index is 2.07. The van der Waals surface area contributed by atoms with Crippen LogP contribution in [0.25, 0.3) is 0 Å². The van der Waals surface area contributed by atoms with E-state index in [2.05, 4.69) is 191 Å². The van der Waals surface area contributed by atoms with Gasteiger partial charge in [0.25, 0.3) is 0 Å². The lowest BCUT2D eigenvalue weighted by Crippen LogP contribution is -2.39. The van der Waals surface area contributed by atoms with E-state index in [0.717, 1.165) is 0 Å². The lowest BCUT2D eigenvalue weighted by molar-refractivity contribution is 0.0857. The molecule has 41 heavy (non-hydrogen) atoms. The van der Waals surface area contributed by atoms with Crippen molar-refractivity contribution in [3.8, 4) is 0 Å². The minimum absolute atomic E-state index is 0.220. The molecule has 3 rings (SSSR count). The van der Waals surface area contributed by atoms with Gasteiger partial charge in [0, 0.05) is 40.3 Å². The van der Waals surface area contributed by atoms with Gasteiger partial charge in [0.15, 0.2) is 0 Å². The van der Waals surface area contributed by atoms with E-state index in [1.54, 1.807) is 18.2 Å². The molecule has 0 fully saturated rings. The largest absolute Gasteiger partial charge is 0.543 e. The molecule has 0 bridgehead atoms. The summed E-state index contributed by atoms with van der Waals surface area (Å²) < 4.78 is 37.9. The summed E-state index contributed by atoms with van der Waals surface area (Å²) in [5.74, 6) is 18.6. The Kier molecular flexibility index (Phi) is 14.7. The SMILES string of the molecule is NN(OP(=O)(ON(N)c1cc(Br)c(Br)c(Br)c1Br)ON(N)c1cc(Br)c(Br)c(Br)c1Br)c1cc(Br)c(Br)c(Br)c1Br. The quantitative estimate of drug-likeness (QED) is 0.0625. The van der Waals surface area contributed by atoms with Crippen molar-refractivity contribution in [2.24, 2.45) is 17.5 Å². The molecule has 3 aromatic rings. The predicted octanol–water partition coefficient (Wildman–Crippen LogP) is 12.2. The molecule has 0 heterocycles. The Morgan fingerprint density at radius 2 is 0.659 bits per heavy atom. The van der Waals surface area contributed by atoms with Crippen LogP contribution in [0.4, 0.5) is 17.1 Å². The van der Waals surface area contributed by atoms with Gasteiger partial charge in [-0.3, -0.25) is 0 Å². The molecular formula is C18H9Br12N6O4P. The predicted molar refractivity (Wildman–Crippen MR) is 203 cm³/mol. The van der Waals surface area contributed by atoms with Crippen LogP contribution in [0.5, 0.6) is 0 Å². The molecular weight excluding hydrogens is 1350 g/mol. The zero-order chi connectivity index (χ0) is 31.1. The summed E-state index contributed by atoms with van der Waals surface area (Å²) in [6.07, 6.45) is 0. The molecule has 6 N–H and O–H groups in total. The lowest BCUT2D eigenvalue weighted by Gasteiger charge is -2.30. The Bertz CT molecular complexity index is 1390. The van der Waals surface area contributed by atoms with Gasteiger partial charge in [0.2, 0.25) is 0 Å². The number of nitrogens with two attached hydrogens (primary N) is 3. The Labute approximate surface area is 334 Å². The summed E-state index contributed by atoms with van der Waals surface area (Å²) in [5, 5.41) is 2.04. The molecule has 224 valence electrons. The first-order chi connectivity index (χ1) is 18.9. The molecule has 0 aliphatic heterocycles. The fraction of sp³-hybridized carbons (Fsp3) is 0. The van der Waals surface area contributed by atoms with Crippen molar-refractivity contribution in [2.45, 2.75) is 0 Å². The molecule has 0 radical (unpaired) electrons. The molecule has 3 aromatic carbocycles. The second-order valence-electron chi connectivity index (χ2n) is 7.13. The van der Waals surface area contributed by atoms with Crippen molar-refractivity contribution in [3.05, 3.63) is 71.9 Å². The molecule has 23 heteroatoms. The maximum Gasteiger partial charge on any atom is 0.543 e. The second kappa shape index (κ2) is 15.8. The van der Waals surface area contributed by atoms with Gasteiger partial charge in [0.05, 0.1) is 30.5 Å². The van der Waals surface area contributed by atoms with E-state index in [1.807, 2.05) is 0 Å². The number of nitrogens with zero attached hydrogens (tertiary/aromatic N) is 3. The van der Waals surface area contributed by atoms with Crippen LogP contribution in [-0.2, 0) is 18.4 Å². The van der Waals surface area contributed by atoms with Crippen LogP contribution in [0.3, 0.4) is 0 Å². The first kappa shape index (κ1) is 38.3. The highest BCUT2D eigenvalue weighted by Gasteiger charge is 2.39. The van der Waals surface area contributed by atoms with Crippen molar-refractivity contribution >= 4 is 216 Å². The van der Waals surface area contributed by atoms with Crippen LogP contribution in [0.15, 0.2) is 71.9 Å². The zero-order valence-electron chi connectivity index (χ0n) is 18.9. The normalized spacial score (nSPS) is 11.7. The molecule has 0 saturated carbocycles. The van der Waals surface area contributed by atoms with E-state index in [1.165, 1.54) is 0 Å². The first-order valence-electron chi connectivity index (χ1n) is 9.72. The number of hydrogen-bond donors (Lipinski definition) is 3. The molecule has 0 spiro atoms. The topological polar surface area (TPSA) is 133 Å². The Hall–Kier alpha value is 2.81. The van der Waals surface area contributed by atoms with Crippen LogP contribution in [-0.4, -0.2) is 0 Å². The van der Waals surface area contributed by atoms with E-state index >= 15 is 0 Å². The molecule has 0 atom stereocenters. The second-order valence-corrected chi connectivity index (χ2v) is 18.2. The fourth-order valence-electron chi connectivity index (χ4n) is 2.66. The average Bonchev–Trinajstić information content (AvgIpc) is 2.90. The third-order valence-electron chi connectivity index (χ3n) is 4.53. The number of hydrogen-bond acceptors (Lipinski definition) is 10. The maximum absolute atomic E-state index is 14.2. The van der Waals surface area contributed by atoms with E-state index in [0.29, 0.717) is 69.2 Å². The van der Waals surface area contributed by atoms with Gasteiger partial charge in [-0.05, 0) is 209 Å². The molecule has 0 unspecified atom stereocenters. The van der Waals surface area contributed by atoms with Gasteiger partial charge >= 0.3 is 7.82 Å². The fourth-order valence-corrected chi connectivity index (χ4v) is 10.2. The maximum atomic E-state index is 14.2. The van der Waals surface area contributed by atoms with Gasteiger partial charge < -0.3 is 0 Å².